The van der Waals surface area contributed by atoms with E-state index in [1.807, 2.05) is 0 Å². The molecule has 1 aromatic carbocycles. The van der Waals surface area contributed by atoms with Crippen molar-refractivity contribution in [3.63, 3.8) is 0 Å². The van der Waals surface area contributed by atoms with Crippen LogP contribution in [0.5, 0.6) is 0 Å². The zero-order valence-electron chi connectivity index (χ0n) is 12.1. The number of ether oxygens (including phenoxy) is 2. The third kappa shape index (κ3) is 6.51. The zero-order valence-corrected chi connectivity index (χ0v) is 12.1. The normalized spacial score (nSPS) is 9.00. The van der Waals surface area contributed by atoms with Crippen LogP contribution in [0.1, 0.15) is 34.6 Å². The first-order chi connectivity index (χ1) is 10.3. The summed E-state index contributed by atoms with van der Waals surface area (Å²) in [6.07, 6.45) is 0. The van der Waals surface area contributed by atoms with Crippen molar-refractivity contribution in [1.29, 1.82) is 0 Å². The number of aromatic carboxylic acids is 2. The van der Waals surface area contributed by atoms with Gasteiger partial charge in [0.1, 0.15) is 0 Å². The largest absolute Gasteiger partial charge is 0.478 e. The van der Waals surface area contributed by atoms with Gasteiger partial charge in [-0.3, -0.25) is 0 Å². The predicted octanol–water partition coefficient (Wildman–Crippen LogP) is 1.20. The van der Waals surface area contributed by atoms with Crippen molar-refractivity contribution >= 4 is 23.9 Å². The first-order valence-corrected chi connectivity index (χ1v) is 6.24. The highest BCUT2D eigenvalue weighted by molar-refractivity contribution is 6.29. The third-order valence-corrected chi connectivity index (χ3v) is 2.11. The Morgan fingerprint density at radius 1 is 0.818 bits per heavy atom. The van der Waals surface area contributed by atoms with Crippen LogP contribution >= 0.6 is 0 Å². The fourth-order valence-electron chi connectivity index (χ4n) is 1.24. The molecule has 0 aliphatic heterocycles. The molecule has 0 saturated heterocycles. The van der Waals surface area contributed by atoms with E-state index in [0.717, 1.165) is 0 Å². The van der Waals surface area contributed by atoms with Gasteiger partial charge in [0.25, 0.3) is 0 Å². The molecule has 0 radical (unpaired) electrons. The van der Waals surface area contributed by atoms with Crippen LogP contribution in [0.25, 0.3) is 0 Å². The lowest BCUT2D eigenvalue weighted by atomic mass is 10.1. The Morgan fingerprint density at radius 2 is 1.14 bits per heavy atom. The minimum atomic E-state index is -1.23. The molecule has 0 fully saturated rings. The Hall–Kier alpha value is -2.90. The van der Waals surface area contributed by atoms with E-state index < -0.39 is 23.9 Å². The molecule has 22 heavy (non-hydrogen) atoms. The highest BCUT2D eigenvalue weighted by atomic mass is 16.6. The van der Waals surface area contributed by atoms with E-state index in [-0.39, 0.29) is 24.3 Å². The molecule has 0 heterocycles. The van der Waals surface area contributed by atoms with Gasteiger partial charge in [0.15, 0.2) is 0 Å². The van der Waals surface area contributed by atoms with Gasteiger partial charge >= 0.3 is 23.9 Å². The van der Waals surface area contributed by atoms with Crippen LogP contribution < -0.4 is 0 Å². The zero-order chi connectivity index (χ0) is 17.1. The summed E-state index contributed by atoms with van der Waals surface area (Å²) in [5.74, 6) is -4.31. The lowest BCUT2D eigenvalue weighted by Crippen LogP contribution is -2.19. The number of esters is 2. The smallest absolute Gasteiger partial charge is 0.417 e. The van der Waals surface area contributed by atoms with Gasteiger partial charge in [-0.2, -0.15) is 0 Å². The standard InChI is InChI=1S/C8H6O4.C6H10O4/c9-7(10)5-3-1-2-4-6(5)8(11)12;1-3-9-5(7)6(8)10-4-2/h1-4H,(H,9,10)(H,11,12);3-4H2,1-2H3. The second kappa shape index (κ2) is 9.92. The molecule has 0 amide bonds. The second-order valence-electron chi connectivity index (χ2n) is 3.60. The van der Waals surface area contributed by atoms with Crippen molar-refractivity contribution in [1.82, 2.24) is 0 Å². The summed E-state index contributed by atoms with van der Waals surface area (Å²) in [5, 5.41) is 17.1. The van der Waals surface area contributed by atoms with Gasteiger partial charge in [-0.25, -0.2) is 19.2 Å². The van der Waals surface area contributed by atoms with E-state index >= 15 is 0 Å². The molecule has 0 unspecified atom stereocenters. The third-order valence-electron chi connectivity index (χ3n) is 2.11. The molecule has 2 N–H and O–H groups in total. The Labute approximate surface area is 126 Å². The maximum Gasteiger partial charge on any atom is 0.417 e. The average Bonchev–Trinajstić information content (AvgIpc) is 2.48. The van der Waals surface area contributed by atoms with Crippen LogP contribution in [0.15, 0.2) is 24.3 Å². The van der Waals surface area contributed by atoms with Crippen molar-refractivity contribution in [2.45, 2.75) is 13.8 Å². The lowest BCUT2D eigenvalue weighted by Gasteiger charge is -1.99. The van der Waals surface area contributed by atoms with Crippen LogP contribution in [0.2, 0.25) is 0 Å². The predicted molar refractivity (Wildman–Crippen MR) is 73.6 cm³/mol. The molecule has 0 aliphatic rings. The van der Waals surface area contributed by atoms with Gasteiger partial charge in [0, 0.05) is 0 Å². The quantitative estimate of drug-likeness (QED) is 0.627. The number of carboxylic acid groups (broad SMARTS) is 2. The minimum absolute atomic E-state index is 0.190. The number of carboxylic acids is 2. The molecule has 0 atom stereocenters. The summed E-state index contributed by atoms with van der Waals surface area (Å²) < 4.78 is 8.69. The van der Waals surface area contributed by atoms with E-state index in [2.05, 4.69) is 9.47 Å². The molecule has 0 saturated carbocycles. The highest BCUT2D eigenvalue weighted by Crippen LogP contribution is 2.07. The van der Waals surface area contributed by atoms with Crippen LogP contribution in [-0.4, -0.2) is 47.3 Å². The maximum atomic E-state index is 10.5. The van der Waals surface area contributed by atoms with Gasteiger partial charge in [-0.05, 0) is 26.0 Å². The van der Waals surface area contributed by atoms with Crippen molar-refractivity contribution in [2.75, 3.05) is 13.2 Å². The molecule has 8 heteroatoms. The summed E-state index contributed by atoms with van der Waals surface area (Å²) in [4.78, 5) is 41.8. The fraction of sp³-hybridized carbons (Fsp3) is 0.286. The van der Waals surface area contributed by atoms with E-state index in [1.165, 1.54) is 24.3 Å². The molecular formula is C14H16O8. The molecule has 120 valence electrons. The molecule has 0 bridgehead atoms. The van der Waals surface area contributed by atoms with Gasteiger partial charge in [0.05, 0.1) is 24.3 Å². The van der Waals surface area contributed by atoms with Crippen LogP contribution in [-0.2, 0) is 19.1 Å². The first kappa shape index (κ1) is 19.1. The molecule has 0 spiro atoms. The molecule has 1 aromatic rings. The SMILES string of the molecule is CCOC(=O)C(=O)OCC.O=C(O)c1ccccc1C(=O)O. The Balaban J connectivity index is 0.000000409. The number of carbonyl (C=O) groups excluding carboxylic acids is 2. The van der Waals surface area contributed by atoms with E-state index in [0.29, 0.717) is 0 Å². The number of benzene rings is 1. The van der Waals surface area contributed by atoms with E-state index in [1.54, 1.807) is 13.8 Å². The van der Waals surface area contributed by atoms with E-state index in [9.17, 15) is 19.2 Å². The van der Waals surface area contributed by atoms with Crippen molar-refractivity contribution in [3.8, 4) is 0 Å². The second-order valence-corrected chi connectivity index (χ2v) is 3.60. The summed E-state index contributed by atoms with van der Waals surface area (Å²) >= 11 is 0. The molecule has 0 aliphatic carbocycles. The van der Waals surface area contributed by atoms with Gasteiger partial charge < -0.3 is 19.7 Å². The fourth-order valence-corrected chi connectivity index (χ4v) is 1.24. The number of hydrogen-bond donors (Lipinski definition) is 2. The average molecular weight is 312 g/mol. The maximum absolute atomic E-state index is 10.5. The first-order valence-electron chi connectivity index (χ1n) is 6.24. The van der Waals surface area contributed by atoms with Crippen LogP contribution in [0.4, 0.5) is 0 Å². The summed E-state index contributed by atoms with van der Waals surface area (Å²) in [7, 11) is 0. The summed E-state index contributed by atoms with van der Waals surface area (Å²) in [6.45, 7) is 3.63. The Kier molecular flexibility index (Phi) is 8.61. The van der Waals surface area contributed by atoms with Crippen LogP contribution in [0, 0.1) is 0 Å². The Bertz CT molecular complexity index is 501. The topological polar surface area (TPSA) is 127 Å². The molecule has 8 nitrogen and oxygen atoms in total. The molecule has 0 aromatic heterocycles. The number of rotatable bonds is 4. The van der Waals surface area contributed by atoms with Gasteiger partial charge in [-0.1, -0.05) is 12.1 Å². The van der Waals surface area contributed by atoms with E-state index in [4.69, 9.17) is 10.2 Å². The lowest BCUT2D eigenvalue weighted by molar-refractivity contribution is -0.167. The summed E-state index contributed by atoms with van der Waals surface area (Å²) in [6, 6.07) is 5.48. The Morgan fingerprint density at radius 3 is 1.36 bits per heavy atom. The minimum Gasteiger partial charge on any atom is -0.478 e. The van der Waals surface area contributed by atoms with Crippen molar-refractivity contribution in [2.24, 2.45) is 0 Å². The van der Waals surface area contributed by atoms with Crippen LogP contribution in [0.3, 0.4) is 0 Å². The summed E-state index contributed by atoms with van der Waals surface area (Å²) in [5.41, 5.74) is -0.380. The van der Waals surface area contributed by atoms with Gasteiger partial charge in [0.2, 0.25) is 0 Å². The monoisotopic (exact) mass is 312 g/mol. The van der Waals surface area contributed by atoms with Crippen molar-refractivity contribution < 1.29 is 38.9 Å². The molecular weight excluding hydrogens is 296 g/mol. The highest BCUT2D eigenvalue weighted by Gasteiger charge is 2.15. The molecule has 1 rings (SSSR count). The van der Waals surface area contributed by atoms with Gasteiger partial charge in [-0.15, -0.1) is 0 Å². The van der Waals surface area contributed by atoms with Crippen molar-refractivity contribution in [3.05, 3.63) is 35.4 Å². The number of carbonyl (C=O) groups is 4. The number of hydrogen-bond acceptors (Lipinski definition) is 6.